The van der Waals surface area contributed by atoms with Gasteiger partial charge in [-0.15, -0.1) is 0 Å². The third kappa shape index (κ3) is 4.43. The van der Waals surface area contributed by atoms with E-state index in [0.29, 0.717) is 0 Å². The Bertz CT molecular complexity index is 139. The minimum absolute atomic E-state index is 0.776. The SMILES string of the molecule is CCC(CC)N(C)CCNCC1CC1. The monoisotopic (exact) mass is 198 g/mol. The summed E-state index contributed by atoms with van der Waals surface area (Å²) in [7, 11) is 2.25. The van der Waals surface area contributed by atoms with Crippen LogP contribution in [0.1, 0.15) is 39.5 Å². The largest absolute Gasteiger partial charge is 0.315 e. The first-order valence-electron chi connectivity index (χ1n) is 6.18. The molecule has 0 heterocycles. The molecule has 0 aromatic rings. The quantitative estimate of drug-likeness (QED) is 0.601. The standard InChI is InChI=1S/C12H26N2/c1-4-12(5-2)14(3)9-8-13-10-11-6-7-11/h11-13H,4-10H2,1-3H3. The lowest BCUT2D eigenvalue weighted by molar-refractivity contribution is 0.230. The minimum Gasteiger partial charge on any atom is -0.315 e. The van der Waals surface area contributed by atoms with Gasteiger partial charge in [0.25, 0.3) is 0 Å². The third-order valence-corrected chi connectivity index (χ3v) is 3.34. The minimum atomic E-state index is 0.776. The van der Waals surface area contributed by atoms with Crippen LogP contribution in [0.25, 0.3) is 0 Å². The molecule has 0 unspecified atom stereocenters. The van der Waals surface area contributed by atoms with Gasteiger partial charge in [-0.3, -0.25) is 0 Å². The Morgan fingerprint density at radius 2 is 1.93 bits per heavy atom. The highest BCUT2D eigenvalue weighted by atomic mass is 15.1. The molecular weight excluding hydrogens is 172 g/mol. The molecule has 0 saturated heterocycles. The van der Waals surface area contributed by atoms with Gasteiger partial charge in [0.05, 0.1) is 0 Å². The van der Waals surface area contributed by atoms with Crippen molar-refractivity contribution in [3.05, 3.63) is 0 Å². The molecule has 0 spiro atoms. The molecule has 0 aromatic heterocycles. The predicted molar refractivity (Wildman–Crippen MR) is 62.6 cm³/mol. The number of likely N-dealkylation sites (N-methyl/N-ethyl adjacent to an activating group) is 1. The summed E-state index contributed by atoms with van der Waals surface area (Å²) >= 11 is 0. The van der Waals surface area contributed by atoms with E-state index in [1.807, 2.05) is 0 Å². The number of rotatable bonds is 8. The van der Waals surface area contributed by atoms with E-state index in [-0.39, 0.29) is 0 Å². The smallest absolute Gasteiger partial charge is 0.0107 e. The van der Waals surface area contributed by atoms with Crippen molar-refractivity contribution in [3.8, 4) is 0 Å². The van der Waals surface area contributed by atoms with Gasteiger partial charge in [0.15, 0.2) is 0 Å². The van der Waals surface area contributed by atoms with Crippen LogP contribution in [-0.4, -0.2) is 37.6 Å². The van der Waals surface area contributed by atoms with E-state index in [0.717, 1.165) is 18.5 Å². The maximum Gasteiger partial charge on any atom is 0.0107 e. The molecular formula is C12H26N2. The molecule has 1 aliphatic rings. The van der Waals surface area contributed by atoms with Crippen molar-refractivity contribution < 1.29 is 0 Å². The van der Waals surface area contributed by atoms with E-state index >= 15 is 0 Å². The van der Waals surface area contributed by atoms with Crippen molar-refractivity contribution in [2.45, 2.75) is 45.6 Å². The van der Waals surface area contributed by atoms with Gasteiger partial charge in [-0.2, -0.15) is 0 Å². The van der Waals surface area contributed by atoms with Gasteiger partial charge in [0.1, 0.15) is 0 Å². The maximum atomic E-state index is 3.54. The molecule has 14 heavy (non-hydrogen) atoms. The fourth-order valence-corrected chi connectivity index (χ4v) is 1.98. The Morgan fingerprint density at radius 1 is 1.29 bits per heavy atom. The summed E-state index contributed by atoms with van der Waals surface area (Å²) in [6, 6.07) is 0.776. The summed E-state index contributed by atoms with van der Waals surface area (Å²) in [6.07, 6.45) is 5.45. The Hall–Kier alpha value is -0.0800. The first kappa shape index (κ1) is 12.0. The number of hydrogen-bond donors (Lipinski definition) is 1. The molecule has 1 saturated carbocycles. The van der Waals surface area contributed by atoms with Crippen LogP contribution < -0.4 is 5.32 Å². The predicted octanol–water partition coefficient (Wildman–Crippen LogP) is 2.11. The van der Waals surface area contributed by atoms with Crippen LogP contribution in [0.4, 0.5) is 0 Å². The normalized spacial score (nSPS) is 16.9. The summed E-state index contributed by atoms with van der Waals surface area (Å²) in [6.45, 7) is 8.16. The average Bonchev–Trinajstić information content (AvgIpc) is 2.98. The molecule has 2 nitrogen and oxygen atoms in total. The second-order valence-electron chi connectivity index (χ2n) is 4.60. The molecule has 2 heteroatoms. The van der Waals surface area contributed by atoms with Crippen LogP contribution in [0.15, 0.2) is 0 Å². The molecule has 0 atom stereocenters. The zero-order valence-corrected chi connectivity index (χ0v) is 10.1. The highest BCUT2D eigenvalue weighted by Gasteiger charge is 2.20. The molecule has 84 valence electrons. The lowest BCUT2D eigenvalue weighted by Crippen LogP contribution is -2.36. The van der Waals surface area contributed by atoms with Gasteiger partial charge >= 0.3 is 0 Å². The van der Waals surface area contributed by atoms with Crippen LogP contribution in [0.3, 0.4) is 0 Å². The molecule has 1 fully saturated rings. The first-order chi connectivity index (χ1) is 6.77. The van der Waals surface area contributed by atoms with Gasteiger partial charge in [-0.1, -0.05) is 13.8 Å². The topological polar surface area (TPSA) is 15.3 Å². The maximum absolute atomic E-state index is 3.54. The summed E-state index contributed by atoms with van der Waals surface area (Å²) in [5.74, 6) is 1.01. The van der Waals surface area contributed by atoms with E-state index in [1.165, 1.54) is 38.8 Å². The summed E-state index contributed by atoms with van der Waals surface area (Å²) < 4.78 is 0. The summed E-state index contributed by atoms with van der Waals surface area (Å²) in [5.41, 5.74) is 0. The Balaban J connectivity index is 1.97. The van der Waals surface area contributed by atoms with Crippen LogP contribution in [0.5, 0.6) is 0 Å². The molecule has 0 radical (unpaired) electrons. The van der Waals surface area contributed by atoms with Gasteiger partial charge in [0.2, 0.25) is 0 Å². The Morgan fingerprint density at radius 3 is 2.43 bits per heavy atom. The number of nitrogens with one attached hydrogen (secondary N) is 1. The van der Waals surface area contributed by atoms with Gasteiger partial charge in [-0.05, 0) is 45.2 Å². The summed E-state index contributed by atoms with van der Waals surface area (Å²) in [5, 5.41) is 3.54. The van der Waals surface area contributed by atoms with Crippen molar-refractivity contribution >= 4 is 0 Å². The fraction of sp³-hybridized carbons (Fsp3) is 1.00. The molecule has 1 rings (SSSR count). The second kappa shape index (κ2) is 6.41. The van der Waals surface area contributed by atoms with E-state index in [9.17, 15) is 0 Å². The molecule has 1 N–H and O–H groups in total. The Kier molecular flexibility index (Phi) is 5.49. The van der Waals surface area contributed by atoms with Crippen LogP contribution in [0, 0.1) is 5.92 Å². The fourth-order valence-electron chi connectivity index (χ4n) is 1.98. The highest BCUT2D eigenvalue weighted by molar-refractivity contribution is 4.75. The van der Waals surface area contributed by atoms with Crippen molar-refractivity contribution in [2.24, 2.45) is 5.92 Å². The molecule has 1 aliphatic carbocycles. The third-order valence-electron chi connectivity index (χ3n) is 3.34. The lowest BCUT2D eigenvalue weighted by atomic mass is 10.1. The van der Waals surface area contributed by atoms with E-state index < -0.39 is 0 Å². The van der Waals surface area contributed by atoms with Gasteiger partial charge in [-0.25, -0.2) is 0 Å². The highest BCUT2D eigenvalue weighted by Crippen LogP contribution is 2.27. The van der Waals surface area contributed by atoms with Gasteiger partial charge < -0.3 is 10.2 Å². The zero-order valence-electron chi connectivity index (χ0n) is 10.1. The number of hydrogen-bond acceptors (Lipinski definition) is 2. The second-order valence-corrected chi connectivity index (χ2v) is 4.60. The zero-order chi connectivity index (χ0) is 10.4. The van der Waals surface area contributed by atoms with E-state index in [2.05, 4.69) is 31.1 Å². The first-order valence-corrected chi connectivity index (χ1v) is 6.18. The van der Waals surface area contributed by atoms with Crippen molar-refractivity contribution in [1.29, 1.82) is 0 Å². The van der Waals surface area contributed by atoms with E-state index in [1.54, 1.807) is 0 Å². The van der Waals surface area contributed by atoms with Crippen molar-refractivity contribution in [1.82, 2.24) is 10.2 Å². The average molecular weight is 198 g/mol. The van der Waals surface area contributed by atoms with Crippen molar-refractivity contribution in [2.75, 3.05) is 26.7 Å². The number of nitrogens with zero attached hydrogens (tertiary/aromatic N) is 1. The molecule has 0 aromatic carbocycles. The Labute approximate surface area is 89.1 Å². The molecule has 0 amide bonds. The molecule has 0 bridgehead atoms. The summed E-state index contributed by atoms with van der Waals surface area (Å²) in [4.78, 5) is 2.49. The van der Waals surface area contributed by atoms with Gasteiger partial charge in [0, 0.05) is 19.1 Å². The van der Waals surface area contributed by atoms with Crippen LogP contribution in [0.2, 0.25) is 0 Å². The van der Waals surface area contributed by atoms with Crippen LogP contribution in [-0.2, 0) is 0 Å². The molecule has 0 aliphatic heterocycles. The lowest BCUT2D eigenvalue weighted by Gasteiger charge is -2.26. The van der Waals surface area contributed by atoms with E-state index in [4.69, 9.17) is 0 Å². The van der Waals surface area contributed by atoms with Crippen molar-refractivity contribution in [3.63, 3.8) is 0 Å². The van der Waals surface area contributed by atoms with Crippen LogP contribution >= 0.6 is 0 Å².